The van der Waals surface area contributed by atoms with E-state index in [1.54, 1.807) is 26.4 Å². The number of aliphatic carboxylic acids is 1. The van der Waals surface area contributed by atoms with Crippen molar-refractivity contribution in [2.75, 3.05) is 20.8 Å². The molecular weight excluding hydrogens is 296 g/mol. The van der Waals surface area contributed by atoms with Crippen LogP contribution in [0.15, 0.2) is 42.5 Å². The highest BCUT2D eigenvalue weighted by molar-refractivity contribution is 5.68. The summed E-state index contributed by atoms with van der Waals surface area (Å²) in [6, 6.07) is 13.1. The van der Waals surface area contributed by atoms with E-state index in [0.717, 1.165) is 22.6 Å². The van der Waals surface area contributed by atoms with Crippen LogP contribution in [0.1, 0.15) is 24.0 Å². The van der Waals surface area contributed by atoms with Crippen molar-refractivity contribution in [2.45, 2.75) is 12.8 Å². The highest BCUT2D eigenvalue weighted by atomic mass is 16.5. The standard InChI is InChI=1S/C18H20O5/c1-12(16-9-8-15(21-2)10-17(16)22-3)13-4-6-14(7-5-13)23-11-18(19)20/h4-10,12H,11H2,1-3H3,(H,19,20)/t12-/m0/s1. The smallest absolute Gasteiger partial charge is 0.341 e. The van der Waals surface area contributed by atoms with Crippen molar-refractivity contribution in [2.24, 2.45) is 0 Å². The number of methoxy groups -OCH3 is 2. The molecule has 5 heteroatoms. The van der Waals surface area contributed by atoms with Crippen LogP contribution in [-0.4, -0.2) is 31.9 Å². The van der Waals surface area contributed by atoms with E-state index in [-0.39, 0.29) is 12.5 Å². The monoisotopic (exact) mass is 316 g/mol. The Morgan fingerprint density at radius 3 is 2.26 bits per heavy atom. The van der Waals surface area contributed by atoms with E-state index in [1.165, 1.54) is 0 Å². The van der Waals surface area contributed by atoms with Gasteiger partial charge in [0, 0.05) is 17.5 Å². The van der Waals surface area contributed by atoms with Gasteiger partial charge in [-0.15, -0.1) is 0 Å². The summed E-state index contributed by atoms with van der Waals surface area (Å²) in [7, 11) is 3.25. The van der Waals surface area contributed by atoms with Crippen molar-refractivity contribution in [1.29, 1.82) is 0 Å². The summed E-state index contributed by atoms with van der Waals surface area (Å²) in [4.78, 5) is 10.5. The lowest BCUT2D eigenvalue weighted by Gasteiger charge is -2.17. The first-order chi connectivity index (χ1) is 11.0. The molecule has 0 aliphatic carbocycles. The first-order valence-electron chi connectivity index (χ1n) is 7.21. The third-order valence-corrected chi connectivity index (χ3v) is 3.65. The second kappa shape index (κ2) is 7.54. The average molecular weight is 316 g/mol. The van der Waals surface area contributed by atoms with Crippen molar-refractivity contribution in [3.8, 4) is 17.2 Å². The van der Waals surface area contributed by atoms with Crippen LogP contribution < -0.4 is 14.2 Å². The van der Waals surface area contributed by atoms with Gasteiger partial charge in [-0.25, -0.2) is 4.79 Å². The molecule has 0 amide bonds. The maximum absolute atomic E-state index is 10.5. The Labute approximate surface area is 135 Å². The molecule has 23 heavy (non-hydrogen) atoms. The first kappa shape index (κ1) is 16.7. The Morgan fingerprint density at radius 2 is 1.70 bits per heavy atom. The average Bonchev–Trinajstić information content (AvgIpc) is 2.59. The van der Waals surface area contributed by atoms with E-state index < -0.39 is 5.97 Å². The van der Waals surface area contributed by atoms with Gasteiger partial charge in [-0.2, -0.15) is 0 Å². The Balaban J connectivity index is 2.19. The lowest BCUT2D eigenvalue weighted by Crippen LogP contribution is -2.09. The summed E-state index contributed by atoms with van der Waals surface area (Å²) < 4.78 is 15.8. The SMILES string of the molecule is COc1ccc([C@@H](C)c2ccc(OCC(=O)O)cc2)c(OC)c1. The van der Waals surface area contributed by atoms with Crippen LogP contribution in [0.3, 0.4) is 0 Å². The van der Waals surface area contributed by atoms with Crippen LogP contribution in [0.2, 0.25) is 0 Å². The van der Waals surface area contributed by atoms with E-state index in [0.29, 0.717) is 5.75 Å². The minimum Gasteiger partial charge on any atom is -0.497 e. The number of carbonyl (C=O) groups is 1. The predicted octanol–water partition coefficient (Wildman–Crippen LogP) is 3.32. The fourth-order valence-corrected chi connectivity index (χ4v) is 2.35. The molecule has 0 saturated heterocycles. The van der Waals surface area contributed by atoms with Crippen molar-refractivity contribution >= 4 is 5.97 Å². The summed E-state index contributed by atoms with van der Waals surface area (Å²) in [6.45, 7) is 1.73. The molecule has 0 bridgehead atoms. The van der Waals surface area contributed by atoms with E-state index in [1.807, 2.05) is 30.3 Å². The second-order valence-electron chi connectivity index (χ2n) is 5.08. The number of hydrogen-bond acceptors (Lipinski definition) is 4. The highest BCUT2D eigenvalue weighted by Gasteiger charge is 2.14. The van der Waals surface area contributed by atoms with Gasteiger partial charge in [-0.05, 0) is 23.8 Å². The zero-order valence-electron chi connectivity index (χ0n) is 13.4. The molecule has 1 N–H and O–H groups in total. The molecular formula is C18H20O5. The normalized spacial score (nSPS) is 11.6. The van der Waals surface area contributed by atoms with E-state index in [4.69, 9.17) is 19.3 Å². The van der Waals surface area contributed by atoms with E-state index in [2.05, 4.69) is 6.92 Å². The molecule has 0 saturated carbocycles. The number of rotatable bonds is 7. The molecule has 0 heterocycles. The van der Waals surface area contributed by atoms with Crippen LogP contribution in [0, 0.1) is 0 Å². The topological polar surface area (TPSA) is 65.0 Å². The molecule has 0 aliphatic heterocycles. The third kappa shape index (κ3) is 4.16. The molecule has 0 radical (unpaired) electrons. The number of ether oxygens (including phenoxy) is 3. The fourth-order valence-electron chi connectivity index (χ4n) is 2.35. The minimum absolute atomic E-state index is 0.115. The number of carboxylic acids is 1. The van der Waals surface area contributed by atoms with Crippen molar-refractivity contribution < 1.29 is 24.1 Å². The van der Waals surface area contributed by atoms with Gasteiger partial charge < -0.3 is 19.3 Å². The summed E-state index contributed by atoms with van der Waals surface area (Å²) in [5, 5.41) is 8.62. The molecule has 2 aromatic carbocycles. The lowest BCUT2D eigenvalue weighted by atomic mass is 9.92. The zero-order chi connectivity index (χ0) is 16.8. The Hall–Kier alpha value is -2.69. The summed E-state index contributed by atoms with van der Waals surface area (Å²) >= 11 is 0. The third-order valence-electron chi connectivity index (χ3n) is 3.65. The molecule has 2 rings (SSSR count). The van der Waals surface area contributed by atoms with Crippen LogP contribution in [-0.2, 0) is 4.79 Å². The van der Waals surface area contributed by atoms with Crippen molar-refractivity contribution in [3.05, 3.63) is 53.6 Å². The quantitative estimate of drug-likeness (QED) is 0.849. The van der Waals surface area contributed by atoms with E-state index in [9.17, 15) is 4.79 Å². The molecule has 0 aliphatic rings. The van der Waals surface area contributed by atoms with Crippen LogP contribution in [0.4, 0.5) is 0 Å². The molecule has 2 aromatic rings. The largest absolute Gasteiger partial charge is 0.497 e. The molecule has 0 unspecified atom stereocenters. The Kier molecular flexibility index (Phi) is 5.46. The molecule has 0 aromatic heterocycles. The number of carboxylic acid groups (broad SMARTS) is 1. The van der Waals surface area contributed by atoms with Gasteiger partial charge in [0.15, 0.2) is 6.61 Å². The summed E-state index contributed by atoms with van der Waals surface area (Å²) in [5.74, 6) is 1.16. The zero-order valence-corrected chi connectivity index (χ0v) is 13.4. The van der Waals surface area contributed by atoms with Gasteiger partial charge in [0.2, 0.25) is 0 Å². The van der Waals surface area contributed by atoms with E-state index >= 15 is 0 Å². The molecule has 5 nitrogen and oxygen atoms in total. The second-order valence-corrected chi connectivity index (χ2v) is 5.08. The minimum atomic E-state index is -0.995. The van der Waals surface area contributed by atoms with Crippen LogP contribution in [0.25, 0.3) is 0 Å². The molecule has 0 spiro atoms. The Bertz CT molecular complexity index is 664. The fraction of sp³-hybridized carbons (Fsp3) is 0.278. The molecule has 122 valence electrons. The van der Waals surface area contributed by atoms with Crippen LogP contribution in [0.5, 0.6) is 17.2 Å². The number of hydrogen-bond donors (Lipinski definition) is 1. The molecule has 0 fully saturated rings. The van der Waals surface area contributed by atoms with Crippen molar-refractivity contribution in [3.63, 3.8) is 0 Å². The lowest BCUT2D eigenvalue weighted by molar-refractivity contribution is -0.139. The molecule has 1 atom stereocenters. The maximum atomic E-state index is 10.5. The summed E-state index contributed by atoms with van der Waals surface area (Å²) in [5.41, 5.74) is 2.13. The predicted molar refractivity (Wildman–Crippen MR) is 86.6 cm³/mol. The summed E-state index contributed by atoms with van der Waals surface area (Å²) in [6.07, 6.45) is 0. The Morgan fingerprint density at radius 1 is 1.04 bits per heavy atom. The van der Waals surface area contributed by atoms with Gasteiger partial charge in [0.25, 0.3) is 0 Å². The highest BCUT2D eigenvalue weighted by Crippen LogP contribution is 2.34. The van der Waals surface area contributed by atoms with Crippen molar-refractivity contribution in [1.82, 2.24) is 0 Å². The van der Waals surface area contributed by atoms with Gasteiger partial charge in [0.05, 0.1) is 14.2 Å². The number of benzene rings is 2. The van der Waals surface area contributed by atoms with Gasteiger partial charge >= 0.3 is 5.97 Å². The first-order valence-corrected chi connectivity index (χ1v) is 7.21. The van der Waals surface area contributed by atoms with Gasteiger partial charge in [-0.3, -0.25) is 0 Å². The van der Waals surface area contributed by atoms with Crippen LogP contribution >= 0.6 is 0 Å². The maximum Gasteiger partial charge on any atom is 0.341 e. The van der Waals surface area contributed by atoms with Gasteiger partial charge in [-0.1, -0.05) is 25.1 Å². The van der Waals surface area contributed by atoms with Gasteiger partial charge in [0.1, 0.15) is 17.2 Å².